The molecule has 2 nitrogen and oxygen atoms in total. The number of rotatable bonds is 6. The molecule has 2 rings (SSSR count). The van der Waals surface area contributed by atoms with Crippen LogP contribution in [-0.4, -0.2) is 12.0 Å². The number of aliphatic imine (C=N–C) groups is 1. The molecule has 1 fully saturated rings. The maximum absolute atomic E-state index is 10.1. The van der Waals surface area contributed by atoms with Crippen LogP contribution in [-0.2, 0) is 4.79 Å². The Kier molecular flexibility index (Phi) is 3.12. The van der Waals surface area contributed by atoms with Crippen molar-refractivity contribution in [2.75, 3.05) is 0 Å². The van der Waals surface area contributed by atoms with Gasteiger partial charge in [0.05, 0.1) is 0 Å². The molecule has 2 heteroatoms. The molecule has 0 bridgehead atoms. The lowest BCUT2D eigenvalue weighted by molar-refractivity contribution is -0.107. The van der Waals surface area contributed by atoms with Crippen LogP contribution in [0.1, 0.15) is 44.9 Å². The Hall–Kier alpha value is -0.920. The number of hydrogen-bond donors (Lipinski definition) is 0. The van der Waals surface area contributed by atoms with Crippen molar-refractivity contribution >= 4 is 12.0 Å². The Morgan fingerprint density at radius 3 is 3.00 bits per heavy atom. The molecule has 0 aromatic carbocycles. The molecule has 0 atom stereocenters. The standard InChI is InChI=1S/C12H17NO/c14-9-3-1-2-4-11-7-8-12(13-11)10-5-6-10/h8-10H,1-7H2. The first-order valence-corrected chi connectivity index (χ1v) is 5.60. The van der Waals surface area contributed by atoms with Gasteiger partial charge >= 0.3 is 0 Å². The van der Waals surface area contributed by atoms with E-state index >= 15 is 0 Å². The molecule has 1 aliphatic carbocycles. The molecule has 1 heterocycles. The molecule has 0 unspecified atom stereocenters. The Morgan fingerprint density at radius 1 is 1.43 bits per heavy atom. The highest BCUT2D eigenvalue weighted by Crippen LogP contribution is 2.39. The van der Waals surface area contributed by atoms with Gasteiger partial charge in [-0.3, -0.25) is 4.99 Å². The van der Waals surface area contributed by atoms with E-state index in [9.17, 15) is 4.79 Å². The van der Waals surface area contributed by atoms with E-state index in [1.165, 1.54) is 24.3 Å². The number of allylic oxidation sites excluding steroid dienone is 2. The summed E-state index contributed by atoms with van der Waals surface area (Å²) in [4.78, 5) is 14.7. The number of carbonyl (C=O) groups is 1. The highest BCUT2D eigenvalue weighted by atomic mass is 16.1. The monoisotopic (exact) mass is 191 g/mol. The molecule has 0 aromatic heterocycles. The van der Waals surface area contributed by atoms with Gasteiger partial charge in [0.15, 0.2) is 0 Å². The summed E-state index contributed by atoms with van der Waals surface area (Å²) in [5.74, 6) is 0.794. The summed E-state index contributed by atoms with van der Waals surface area (Å²) in [6, 6.07) is 0. The van der Waals surface area contributed by atoms with Crippen molar-refractivity contribution in [3.8, 4) is 0 Å². The molecule has 0 aromatic rings. The summed E-state index contributed by atoms with van der Waals surface area (Å²) in [5, 5.41) is 0. The molecular formula is C12H17NO. The summed E-state index contributed by atoms with van der Waals surface area (Å²) in [7, 11) is 0. The van der Waals surface area contributed by atoms with Gasteiger partial charge in [-0.25, -0.2) is 0 Å². The van der Waals surface area contributed by atoms with Gasteiger partial charge in [-0.2, -0.15) is 0 Å². The highest BCUT2D eigenvalue weighted by Gasteiger charge is 2.27. The van der Waals surface area contributed by atoms with E-state index in [-0.39, 0.29) is 0 Å². The number of hydrogen-bond acceptors (Lipinski definition) is 2. The quantitative estimate of drug-likeness (QED) is 0.469. The first-order chi connectivity index (χ1) is 6.90. The van der Waals surface area contributed by atoms with E-state index in [1.54, 1.807) is 0 Å². The first kappa shape index (κ1) is 9.63. The van der Waals surface area contributed by atoms with Gasteiger partial charge < -0.3 is 4.79 Å². The van der Waals surface area contributed by atoms with E-state index in [0.29, 0.717) is 6.42 Å². The van der Waals surface area contributed by atoms with Crippen LogP contribution in [0.15, 0.2) is 16.8 Å². The van der Waals surface area contributed by atoms with Gasteiger partial charge in [0.1, 0.15) is 6.29 Å². The number of unbranched alkanes of at least 4 members (excludes halogenated alkanes) is 2. The minimum Gasteiger partial charge on any atom is -0.303 e. The molecule has 0 amide bonds. The minimum absolute atomic E-state index is 0.705. The number of carbonyl (C=O) groups excluding carboxylic acids is 1. The maximum Gasteiger partial charge on any atom is 0.119 e. The molecular weight excluding hydrogens is 174 g/mol. The van der Waals surface area contributed by atoms with Crippen LogP contribution in [0.5, 0.6) is 0 Å². The molecule has 1 saturated carbocycles. The van der Waals surface area contributed by atoms with E-state index in [1.807, 2.05) is 0 Å². The van der Waals surface area contributed by atoms with Crippen LogP contribution in [0.25, 0.3) is 0 Å². The van der Waals surface area contributed by atoms with Crippen molar-refractivity contribution in [3.05, 3.63) is 11.8 Å². The maximum atomic E-state index is 10.1. The molecule has 14 heavy (non-hydrogen) atoms. The summed E-state index contributed by atoms with van der Waals surface area (Å²) < 4.78 is 0. The van der Waals surface area contributed by atoms with Gasteiger partial charge in [0.2, 0.25) is 0 Å². The second kappa shape index (κ2) is 4.54. The fourth-order valence-electron chi connectivity index (χ4n) is 1.85. The van der Waals surface area contributed by atoms with Crippen molar-refractivity contribution in [1.82, 2.24) is 0 Å². The van der Waals surface area contributed by atoms with Crippen molar-refractivity contribution in [3.63, 3.8) is 0 Å². The summed E-state index contributed by atoms with van der Waals surface area (Å²) in [6.45, 7) is 0. The minimum atomic E-state index is 0.705. The van der Waals surface area contributed by atoms with Crippen molar-refractivity contribution in [2.24, 2.45) is 10.9 Å². The largest absolute Gasteiger partial charge is 0.303 e. The van der Waals surface area contributed by atoms with Gasteiger partial charge in [-0.15, -0.1) is 0 Å². The zero-order valence-electron chi connectivity index (χ0n) is 8.54. The van der Waals surface area contributed by atoms with Gasteiger partial charge in [0.25, 0.3) is 0 Å². The smallest absolute Gasteiger partial charge is 0.119 e. The van der Waals surface area contributed by atoms with Crippen LogP contribution in [0, 0.1) is 5.92 Å². The summed E-state index contributed by atoms with van der Waals surface area (Å²) >= 11 is 0. The molecule has 76 valence electrons. The van der Waals surface area contributed by atoms with Crippen LogP contribution < -0.4 is 0 Å². The zero-order chi connectivity index (χ0) is 9.80. The lowest BCUT2D eigenvalue weighted by atomic mass is 10.1. The van der Waals surface area contributed by atoms with E-state index in [0.717, 1.165) is 37.9 Å². The predicted molar refractivity (Wildman–Crippen MR) is 57.4 cm³/mol. The fraction of sp³-hybridized carbons (Fsp3) is 0.667. The predicted octanol–water partition coefficient (Wildman–Crippen LogP) is 2.88. The Labute approximate surface area is 85.1 Å². The lowest BCUT2D eigenvalue weighted by Crippen LogP contribution is -1.93. The number of aldehydes is 1. The van der Waals surface area contributed by atoms with E-state index < -0.39 is 0 Å². The van der Waals surface area contributed by atoms with E-state index in [4.69, 9.17) is 0 Å². The average molecular weight is 191 g/mol. The van der Waals surface area contributed by atoms with Crippen LogP contribution in [0.2, 0.25) is 0 Å². The normalized spacial score (nSPS) is 20.6. The molecule has 2 aliphatic rings. The molecule has 0 spiro atoms. The second-order valence-electron chi connectivity index (χ2n) is 4.20. The topological polar surface area (TPSA) is 29.4 Å². The van der Waals surface area contributed by atoms with Crippen molar-refractivity contribution < 1.29 is 4.79 Å². The van der Waals surface area contributed by atoms with Gasteiger partial charge in [0, 0.05) is 30.2 Å². The second-order valence-corrected chi connectivity index (χ2v) is 4.20. The fourth-order valence-corrected chi connectivity index (χ4v) is 1.85. The molecule has 0 saturated heterocycles. The third-order valence-corrected chi connectivity index (χ3v) is 2.87. The Bertz CT molecular complexity index is 274. The van der Waals surface area contributed by atoms with Crippen LogP contribution in [0.3, 0.4) is 0 Å². The molecule has 1 aliphatic heterocycles. The zero-order valence-corrected chi connectivity index (χ0v) is 8.54. The summed E-state index contributed by atoms with van der Waals surface area (Å²) in [5.41, 5.74) is 2.67. The van der Waals surface area contributed by atoms with Crippen LogP contribution >= 0.6 is 0 Å². The lowest BCUT2D eigenvalue weighted by Gasteiger charge is -1.98. The summed E-state index contributed by atoms with van der Waals surface area (Å²) in [6.07, 6.45) is 11.0. The third kappa shape index (κ3) is 2.53. The first-order valence-electron chi connectivity index (χ1n) is 5.60. The highest BCUT2D eigenvalue weighted by molar-refractivity contribution is 5.88. The third-order valence-electron chi connectivity index (χ3n) is 2.87. The molecule has 0 N–H and O–H groups in total. The average Bonchev–Trinajstić information content (AvgIpc) is 2.94. The number of nitrogens with zero attached hydrogens (tertiary/aromatic N) is 1. The Morgan fingerprint density at radius 2 is 2.29 bits per heavy atom. The van der Waals surface area contributed by atoms with Gasteiger partial charge in [-0.1, -0.05) is 6.08 Å². The Balaban J connectivity index is 1.68. The molecule has 0 radical (unpaired) electrons. The van der Waals surface area contributed by atoms with Crippen LogP contribution in [0.4, 0.5) is 0 Å². The van der Waals surface area contributed by atoms with E-state index in [2.05, 4.69) is 11.1 Å². The van der Waals surface area contributed by atoms with Gasteiger partial charge in [-0.05, 0) is 32.1 Å². The van der Waals surface area contributed by atoms with Crippen molar-refractivity contribution in [1.29, 1.82) is 0 Å². The SMILES string of the molecule is O=CCCCCC1=NC(C2CC2)=CC1. The van der Waals surface area contributed by atoms with Crippen molar-refractivity contribution in [2.45, 2.75) is 44.9 Å².